The van der Waals surface area contributed by atoms with Gasteiger partial charge in [-0.05, 0) is 67.9 Å². The van der Waals surface area contributed by atoms with Gasteiger partial charge >= 0.3 is 5.97 Å². The van der Waals surface area contributed by atoms with Gasteiger partial charge in [-0.15, -0.1) is 0 Å². The minimum Gasteiger partial charge on any atom is -0.478 e. The van der Waals surface area contributed by atoms with Gasteiger partial charge in [-0.3, -0.25) is 4.79 Å². The van der Waals surface area contributed by atoms with Gasteiger partial charge in [0, 0.05) is 44.1 Å². The second-order valence-electron chi connectivity index (χ2n) is 9.91. The summed E-state index contributed by atoms with van der Waals surface area (Å²) in [6.07, 6.45) is 11.1. The lowest BCUT2D eigenvalue weighted by atomic mass is 9.91. The fourth-order valence-electron chi connectivity index (χ4n) is 5.03. The molecule has 2 aromatic carbocycles. The van der Waals surface area contributed by atoms with Crippen LogP contribution in [0, 0.1) is 11.8 Å². The van der Waals surface area contributed by atoms with Crippen LogP contribution in [0.25, 0.3) is 0 Å². The molecule has 3 heterocycles. The van der Waals surface area contributed by atoms with Gasteiger partial charge < -0.3 is 19.6 Å². The number of hydrogen-bond acceptors (Lipinski definition) is 6. The highest BCUT2D eigenvalue weighted by molar-refractivity contribution is 5.86. The first-order valence-corrected chi connectivity index (χ1v) is 13.1. The van der Waals surface area contributed by atoms with Crippen molar-refractivity contribution in [3.63, 3.8) is 0 Å². The summed E-state index contributed by atoms with van der Waals surface area (Å²) in [7, 11) is 0. The minimum atomic E-state index is -1.03. The second-order valence-corrected chi connectivity index (χ2v) is 9.91. The van der Waals surface area contributed by atoms with Crippen LogP contribution in [0.5, 0.6) is 11.5 Å². The van der Waals surface area contributed by atoms with Crippen molar-refractivity contribution < 1.29 is 19.4 Å². The number of piperidine rings is 1. The number of aryl methyl sites for hydroxylation is 1. The van der Waals surface area contributed by atoms with Crippen molar-refractivity contribution >= 4 is 17.8 Å². The van der Waals surface area contributed by atoms with Crippen LogP contribution in [-0.2, 0) is 11.2 Å². The van der Waals surface area contributed by atoms with E-state index in [-0.39, 0.29) is 17.4 Å². The molecule has 5 rings (SSSR count). The quantitative estimate of drug-likeness (QED) is 0.422. The lowest BCUT2D eigenvalue weighted by Gasteiger charge is -2.36. The Labute approximate surface area is 222 Å². The highest BCUT2D eigenvalue weighted by atomic mass is 16.5. The standard InChI is InChI=1S/C30H32N4O4/c35-28-24(11-8-22-9-12-27(13-10-22)38-26-6-2-1-3-7-26)5-4-16-34(28)21-23-14-17-33(18-15-23)30-31-19-25(20-32-30)29(36)37/h1-4,6-7,9-10,12-13,16,19-20,23-24H,5,8,11,14-15,17-18,21H2,(H,36,37). The zero-order valence-corrected chi connectivity index (χ0v) is 21.3. The van der Waals surface area contributed by atoms with E-state index in [1.807, 2.05) is 53.6 Å². The predicted molar refractivity (Wildman–Crippen MR) is 144 cm³/mol. The SMILES string of the molecule is O=C(O)c1cnc(N2CCC(CN3C=CCC(CCc4ccc(Oc5ccccc5)cc4)C3=O)CC2)nc1. The second kappa shape index (κ2) is 11.9. The number of anilines is 1. The van der Waals surface area contributed by atoms with Crippen molar-refractivity contribution in [3.8, 4) is 11.5 Å². The molecule has 0 aliphatic carbocycles. The first-order valence-electron chi connectivity index (χ1n) is 13.1. The maximum atomic E-state index is 13.2. The highest BCUT2D eigenvalue weighted by Gasteiger charge is 2.29. The zero-order chi connectivity index (χ0) is 26.3. The Balaban J connectivity index is 1.08. The van der Waals surface area contributed by atoms with E-state index in [0.717, 1.165) is 63.2 Å². The van der Waals surface area contributed by atoms with E-state index in [1.165, 1.54) is 18.0 Å². The monoisotopic (exact) mass is 512 g/mol. The summed E-state index contributed by atoms with van der Waals surface area (Å²) in [4.78, 5) is 36.6. The van der Waals surface area contributed by atoms with Gasteiger partial charge in [0.25, 0.3) is 0 Å². The molecule has 1 fully saturated rings. The van der Waals surface area contributed by atoms with Gasteiger partial charge in [-0.25, -0.2) is 14.8 Å². The van der Waals surface area contributed by atoms with Crippen molar-refractivity contribution in [1.82, 2.24) is 14.9 Å². The molecule has 1 N–H and O–H groups in total. The molecule has 1 aromatic heterocycles. The number of carboxylic acid groups (broad SMARTS) is 1. The number of benzene rings is 2. The number of amides is 1. The van der Waals surface area contributed by atoms with E-state index < -0.39 is 5.97 Å². The summed E-state index contributed by atoms with van der Waals surface area (Å²) < 4.78 is 5.87. The molecule has 1 saturated heterocycles. The van der Waals surface area contributed by atoms with Gasteiger partial charge in [0.15, 0.2) is 0 Å². The molecule has 2 aliphatic heterocycles. The molecule has 0 saturated carbocycles. The molecule has 8 nitrogen and oxygen atoms in total. The summed E-state index contributed by atoms with van der Waals surface area (Å²) in [6, 6.07) is 17.8. The lowest BCUT2D eigenvalue weighted by Crippen LogP contribution is -2.42. The number of carboxylic acids is 1. The van der Waals surface area contributed by atoms with Crippen LogP contribution in [-0.4, -0.2) is 51.5 Å². The van der Waals surface area contributed by atoms with Gasteiger partial charge in [-0.2, -0.15) is 0 Å². The van der Waals surface area contributed by atoms with Crippen LogP contribution in [0.4, 0.5) is 5.95 Å². The van der Waals surface area contributed by atoms with Crippen LogP contribution in [0.1, 0.15) is 41.6 Å². The lowest BCUT2D eigenvalue weighted by molar-refractivity contribution is -0.134. The Morgan fingerprint density at radius 3 is 2.34 bits per heavy atom. The highest BCUT2D eigenvalue weighted by Crippen LogP contribution is 2.27. The van der Waals surface area contributed by atoms with Crippen molar-refractivity contribution in [2.45, 2.75) is 32.1 Å². The number of rotatable bonds is 9. The van der Waals surface area contributed by atoms with Gasteiger partial charge in [0.1, 0.15) is 11.5 Å². The third-order valence-corrected chi connectivity index (χ3v) is 7.26. The largest absolute Gasteiger partial charge is 0.478 e. The molecule has 1 unspecified atom stereocenters. The maximum absolute atomic E-state index is 13.2. The summed E-state index contributed by atoms with van der Waals surface area (Å²) in [6.45, 7) is 2.30. The third kappa shape index (κ3) is 6.37. The van der Waals surface area contributed by atoms with Crippen LogP contribution >= 0.6 is 0 Å². The number of carbonyl (C=O) groups is 2. The van der Waals surface area contributed by atoms with E-state index in [2.05, 4.69) is 33.1 Å². The van der Waals surface area contributed by atoms with Crippen LogP contribution in [0.2, 0.25) is 0 Å². The van der Waals surface area contributed by atoms with E-state index in [0.29, 0.717) is 11.9 Å². The molecule has 196 valence electrons. The van der Waals surface area contributed by atoms with Crippen molar-refractivity contribution in [2.75, 3.05) is 24.5 Å². The molecule has 38 heavy (non-hydrogen) atoms. The van der Waals surface area contributed by atoms with Crippen molar-refractivity contribution in [2.24, 2.45) is 11.8 Å². The Kier molecular flexibility index (Phi) is 7.97. The summed E-state index contributed by atoms with van der Waals surface area (Å²) in [5, 5.41) is 9.03. The number of ether oxygens (including phenoxy) is 1. The number of carbonyl (C=O) groups excluding carboxylic acids is 1. The summed E-state index contributed by atoms with van der Waals surface area (Å²) in [5.41, 5.74) is 1.29. The smallest absolute Gasteiger partial charge is 0.338 e. The molecule has 0 bridgehead atoms. The molecular weight excluding hydrogens is 480 g/mol. The number of nitrogens with zero attached hydrogens (tertiary/aromatic N) is 4. The van der Waals surface area contributed by atoms with Gasteiger partial charge in [-0.1, -0.05) is 36.4 Å². The Bertz CT molecular complexity index is 1250. The molecule has 0 spiro atoms. The normalized spacial score (nSPS) is 18.0. The summed E-state index contributed by atoms with van der Waals surface area (Å²) in [5.74, 6) is 1.77. The van der Waals surface area contributed by atoms with E-state index in [4.69, 9.17) is 9.84 Å². The Morgan fingerprint density at radius 1 is 0.974 bits per heavy atom. The molecule has 2 aliphatic rings. The van der Waals surface area contributed by atoms with Crippen LogP contribution in [0.15, 0.2) is 79.3 Å². The van der Waals surface area contributed by atoms with Gasteiger partial charge in [0.05, 0.1) is 5.56 Å². The number of aromatic nitrogens is 2. The Hall–Kier alpha value is -4.20. The third-order valence-electron chi connectivity index (χ3n) is 7.26. The minimum absolute atomic E-state index is 0.00137. The first kappa shape index (κ1) is 25.4. The molecule has 0 radical (unpaired) electrons. The van der Waals surface area contributed by atoms with Crippen molar-refractivity contribution in [1.29, 1.82) is 0 Å². The van der Waals surface area contributed by atoms with Gasteiger partial charge in [0.2, 0.25) is 11.9 Å². The van der Waals surface area contributed by atoms with Crippen molar-refractivity contribution in [3.05, 3.63) is 90.4 Å². The van der Waals surface area contributed by atoms with Crippen LogP contribution in [0.3, 0.4) is 0 Å². The van der Waals surface area contributed by atoms with E-state index >= 15 is 0 Å². The fraction of sp³-hybridized carbons (Fsp3) is 0.333. The molecule has 1 atom stereocenters. The summed E-state index contributed by atoms with van der Waals surface area (Å²) >= 11 is 0. The number of aromatic carboxylic acids is 1. The number of hydrogen-bond donors (Lipinski definition) is 1. The first-order chi connectivity index (χ1) is 18.5. The molecule has 1 amide bonds. The molecule has 3 aromatic rings. The zero-order valence-electron chi connectivity index (χ0n) is 21.3. The topological polar surface area (TPSA) is 95.9 Å². The fourth-order valence-corrected chi connectivity index (χ4v) is 5.03. The predicted octanol–water partition coefficient (Wildman–Crippen LogP) is 5.18. The average molecular weight is 513 g/mol. The van der Waals surface area contributed by atoms with E-state index in [1.54, 1.807) is 0 Å². The van der Waals surface area contributed by atoms with Crippen LogP contribution < -0.4 is 9.64 Å². The van der Waals surface area contributed by atoms with E-state index in [9.17, 15) is 9.59 Å². The Morgan fingerprint density at radius 2 is 1.66 bits per heavy atom. The maximum Gasteiger partial charge on any atom is 0.338 e. The number of allylic oxidation sites excluding steroid dienone is 1. The molecule has 8 heteroatoms. The average Bonchev–Trinajstić information content (AvgIpc) is 2.95. The molecular formula is C30H32N4O4. The number of para-hydroxylation sites is 1.